The lowest BCUT2D eigenvalue weighted by Gasteiger charge is -2.22. The number of nitrogens with one attached hydrogen (secondary N) is 1. The van der Waals surface area contributed by atoms with Gasteiger partial charge in [0.05, 0.1) is 6.04 Å². The molecule has 2 atom stereocenters. The first-order valence-electron chi connectivity index (χ1n) is 5.34. The van der Waals surface area contributed by atoms with Crippen molar-refractivity contribution in [2.75, 3.05) is 6.67 Å². The van der Waals surface area contributed by atoms with Crippen molar-refractivity contribution in [2.45, 2.75) is 23.9 Å². The van der Waals surface area contributed by atoms with Crippen molar-refractivity contribution in [3.63, 3.8) is 0 Å². The Balaban J connectivity index is 2.75. The van der Waals surface area contributed by atoms with Gasteiger partial charge >= 0.3 is 0 Å². The van der Waals surface area contributed by atoms with Gasteiger partial charge in [-0.15, -0.1) is 0 Å². The van der Waals surface area contributed by atoms with Crippen molar-refractivity contribution in [1.82, 2.24) is 5.32 Å². The average molecular weight is 294 g/mol. The van der Waals surface area contributed by atoms with E-state index in [1.165, 1.54) is 0 Å². The second kappa shape index (κ2) is 6.92. The predicted molar refractivity (Wildman–Crippen MR) is 69.5 cm³/mol. The van der Waals surface area contributed by atoms with Crippen LogP contribution in [0, 0.1) is 6.92 Å². The van der Waals surface area contributed by atoms with Gasteiger partial charge in [0.25, 0.3) is 5.91 Å². The fraction of sp³-hybridized carbons (Fsp3) is 0.417. The molecular formula is C12H14Cl2FNO2. The lowest BCUT2D eigenvalue weighted by atomic mass is 10.0. The largest absolute Gasteiger partial charge is 0.386 e. The minimum Gasteiger partial charge on any atom is -0.386 e. The lowest BCUT2D eigenvalue weighted by molar-refractivity contribution is -0.121. The number of aliphatic hydroxyl groups excluding tert-OH is 1. The summed E-state index contributed by atoms with van der Waals surface area (Å²) in [6.07, 6.45) is -1.15. The molecule has 0 aliphatic rings. The van der Waals surface area contributed by atoms with E-state index in [0.717, 1.165) is 5.56 Å². The summed E-state index contributed by atoms with van der Waals surface area (Å²) in [5, 5.41) is 12.2. The number of alkyl halides is 3. The van der Waals surface area contributed by atoms with Gasteiger partial charge in [-0.2, -0.15) is 0 Å². The minimum atomic E-state index is -1.29. The maximum absolute atomic E-state index is 12.8. The summed E-state index contributed by atoms with van der Waals surface area (Å²) in [6, 6.07) is 5.87. The van der Waals surface area contributed by atoms with Crippen molar-refractivity contribution in [2.24, 2.45) is 0 Å². The van der Waals surface area contributed by atoms with E-state index >= 15 is 0 Å². The van der Waals surface area contributed by atoms with Crippen molar-refractivity contribution < 1.29 is 14.3 Å². The fourth-order valence-electron chi connectivity index (χ4n) is 1.44. The Kier molecular flexibility index (Phi) is 5.85. The van der Waals surface area contributed by atoms with Crippen LogP contribution in [0.15, 0.2) is 24.3 Å². The van der Waals surface area contributed by atoms with Crippen LogP contribution in [0.25, 0.3) is 0 Å². The topological polar surface area (TPSA) is 49.3 Å². The zero-order valence-electron chi connectivity index (χ0n) is 9.74. The van der Waals surface area contributed by atoms with Crippen LogP contribution < -0.4 is 5.32 Å². The highest BCUT2D eigenvalue weighted by Gasteiger charge is 2.24. The van der Waals surface area contributed by atoms with Crippen molar-refractivity contribution in [3.8, 4) is 0 Å². The van der Waals surface area contributed by atoms with E-state index in [1.807, 2.05) is 6.92 Å². The number of carbonyl (C=O) groups excluding carboxylic acids is 1. The molecule has 0 fully saturated rings. The third-order valence-corrected chi connectivity index (χ3v) is 2.89. The molecule has 0 aliphatic heterocycles. The standard InChI is InChI=1S/C12H14Cl2FNO2/c1-7-2-4-8(5-3-7)10(17)9(6-15)16-12(18)11(13)14/h2-5,9-11,17H,6H2,1H3,(H,16,18). The molecule has 0 saturated heterocycles. The third kappa shape index (κ3) is 4.12. The zero-order chi connectivity index (χ0) is 13.7. The number of hydrogen-bond donors (Lipinski definition) is 2. The van der Waals surface area contributed by atoms with Gasteiger partial charge < -0.3 is 10.4 Å². The quantitative estimate of drug-likeness (QED) is 0.819. The van der Waals surface area contributed by atoms with Crippen LogP contribution in [0.1, 0.15) is 17.2 Å². The number of carbonyl (C=O) groups is 1. The molecule has 2 N–H and O–H groups in total. The Bertz CT molecular complexity index is 398. The van der Waals surface area contributed by atoms with E-state index in [1.54, 1.807) is 24.3 Å². The molecule has 3 nitrogen and oxygen atoms in total. The number of rotatable bonds is 5. The number of hydrogen-bond acceptors (Lipinski definition) is 2. The molecule has 0 aliphatic carbocycles. The molecule has 0 saturated carbocycles. The van der Waals surface area contributed by atoms with Crippen LogP contribution in [-0.4, -0.2) is 28.6 Å². The van der Waals surface area contributed by atoms with Crippen molar-refractivity contribution >= 4 is 29.1 Å². The van der Waals surface area contributed by atoms with Crippen LogP contribution in [0.4, 0.5) is 4.39 Å². The van der Waals surface area contributed by atoms with Gasteiger partial charge in [0.2, 0.25) is 0 Å². The molecule has 18 heavy (non-hydrogen) atoms. The smallest absolute Gasteiger partial charge is 0.253 e. The summed E-state index contributed by atoms with van der Waals surface area (Å²) in [5.41, 5.74) is 1.54. The zero-order valence-corrected chi connectivity index (χ0v) is 11.2. The molecule has 1 aromatic rings. The molecule has 0 radical (unpaired) electrons. The normalized spacial score (nSPS) is 14.3. The maximum atomic E-state index is 12.8. The average Bonchev–Trinajstić information content (AvgIpc) is 2.35. The minimum absolute atomic E-state index is 0.518. The maximum Gasteiger partial charge on any atom is 0.253 e. The van der Waals surface area contributed by atoms with Gasteiger partial charge in [-0.25, -0.2) is 4.39 Å². The third-order valence-electron chi connectivity index (χ3n) is 2.49. The monoisotopic (exact) mass is 293 g/mol. The Morgan fingerprint density at radius 1 is 1.39 bits per heavy atom. The van der Waals surface area contributed by atoms with Gasteiger partial charge in [0.1, 0.15) is 12.8 Å². The van der Waals surface area contributed by atoms with Gasteiger partial charge in [-0.3, -0.25) is 4.79 Å². The molecule has 2 unspecified atom stereocenters. The molecule has 1 amide bonds. The van der Waals surface area contributed by atoms with E-state index in [0.29, 0.717) is 5.56 Å². The highest BCUT2D eigenvalue weighted by Crippen LogP contribution is 2.18. The number of halogens is 3. The SMILES string of the molecule is Cc1ccc(C(O)C(CF)NC(=O)C(Cl)Cl)cc1. The predicted octanol–water partition coefficient (Wildman–Crippen LogP) is 2.29. The first-order valence-corrected chi connectivity index (χ1v) is 6.22. The van der Waals surface area contributed by atoms with Gasteiger partial charge in [0.15, 0.2) is 4.84 Å². The molecule has 1 rings (SSSR count). The molecule has 0 heterocycles. The van der Waals surface area contributed by atoms with E-state index < -0.39 is 29.6 Å². The second-order valence-electron chi connectivity index (χ2n) is 3.93. The Morgan fingerprint density at radius 2 is 1.94 bits per heavy atom. The molecule has 6 heteroatoms. The summed E-state index contributed by atoms with van der Waals surface area (Å²) in [6.45, 7) is 0.984. The summed E-state index contributed by atoms with van der Waals surface area (Å²) >= 11 is 10.7. The molecule has 0 spiro atoms. The van der Waals surface area contributed by atoms with E-state index in [9.17, 15) is 14.3 Å². The van der Waals surface area contributed by atoms with Crippen molar-refractivity contribution in [3.05, 3.63) is 35.4 Å². The Labute approximate surface area is 115 Å². The summed E-state index contributed by atoms with van der Waals surface area (Å²) < 4.78 is 12.8. The second-order valence-corrected chi connectivity index (χ2v) is 5.02. The summed E-state index contributed by atoms with van der Waals surface area (Å²) in [4.78, 5) is 9.96. The van der Waals surface area contributed by atoms with Gasteiger partial charge in [0, 0.05) is 0 Å². The molecule has 0 bridgehead atoms. The summed E-state index contributed by atoms with van der Waals surface area (Å²) in [7, 11) is 0. The fourth-order valence-corrected chi connectivity index (χ4v) is 1.57. The van der Waals surface area contributed by atoms with Crippen LogP contribution in [0.3, 0.4) is 0 Å². The van der Waals surface area contributed by atoms with Crippen LogP contribution >= 0.6 is 23.2 Å². The molecule has 0 aromatic heterocycles. The molecule has 1 aromatic carbocycles. The van der Waals surface area contributed by atoms with Crippen LogP contribution in [0.5, 0.6) is 0 Å². The van der Waals surface area contributed by atoms with Crippen LogP contribution in [0.2, 0.25) is 0 Å². The highest BCUT2D eigenvalue weighted by atomic mass is 35.5. The first kappa shape index (κ1) is 15.2. The Morgan fingerprint density at radius 3 is 2.39 bits per heavy atom. The van der Waals surface area contributed by atoms with Gasteiger partial charge in [-0.1, -0.05) is 53.0 Å². The first-order chi connectivity index (χ1) is 8.45. The van der Waals surface area contributed by atoms with E-state index in [-0.39, 0.29) is 0 Å². The highest BCUT2D eigenvalue weighted by molar-refractivity contribution is 6.53. The number of benzene rings is 1. The molecule has 100 valence electrons. The Hall–Kier alpha value is -0.840. The molecular weight excluding hydrogens is 280 g/mol. The van der Waals surface area contributed by atoms with Crippen LogP contribution in [-0.2, 0) is 4.79 Å². The van der Waals surface area contributed by atoms with E-state index in [2.05, 4.69) is 5.32 Å². The summed E-state index contributed by atoms with van der Waals surface area (Å²) in [5.74, 6) is -0.729. The number of aryl methyl sites for hydroxylation is 1. The number of aliphatic hydroxyl groups is 1. The lowest BCUT2D eigenvalue weighted by Crippen LogP contribution is -2.43. The van der Waals surface area contributed by atoms with Gasteiger partial charge in [-0.05, 0) is 12.5 Å². The van der Waals surface area contributed by atoms with Crippen molar-refractivity contribution in [1.29, 1.82) is 0 Å². The van der Waals surface area contributed by atoms with E-state index in [4.69, 9.17) is 23.2 Å². The number of amides is 1.